The van der Waals surface area contributed by atoms with Gasteiger partial charge in [0.1, 0.15) is 0 Å². The summed E-state index contributed by atoms with van der Waals surface area (Å²) in [6.45, 7) is 5.51. The number of rotatable bonds is 3. The smallest absolute Gasteiger partial charge is 0.228 e. The quantitative estimate of drug-likeness (QED) is 0.891. The molecule has 0 aliphatic carbocycles. The number of aromatic nitrogens is 1. The zero-order valence-electron chi connectivity index (χ0n) is 10.1. The van der Waals surface area contributed by atoms with Crippen molar-refractivity contribution in [1.82, 2.24) is 4.98 Å². The van der Waals surface area contributed by atoms with Crippen LogP contribution in [0.1, 0.15) is 19.5 Å². The van der Waals surface area contributed by atoms with Crippen molar-refractivity contribution >= 4 is 36.4 Å². The number of nitrogens with two attached hydrogens (primary N) is 1. The Bertz CT molecular complexity index is 358. The third-order valence-electron chi connectivity index (χ3n) is 2.37. The number of amides is 1. The molecule has 0 fully saturated rings. The fraction of sp³-hybridized carbons (Fsp3) is 0.455. The molecule has 2 unspecified atom stereocenters. The first-order valence-corrected chi connectivity index (χ1v) is 5.00. The third kappa shape index (κ3) is 5.86. The van der Waals surface area contributed by atoms with Gasteiger partial charge in [0.15, 0.2) is 0 Å². The predicted molar refractivity (Wildman–Crippen MR) is 74.9 cm³/mol. The summed E-state index contributed by atoms with van der Waals surface area (Å²) in [6.07, 6.45) is 1.67. The molecule has 4 nitrogen and oxygen atoms in total. The van der Waals surface area contributed by atoms with Gasteiger partial charge in [-0.05, 0) is 26.0 Å². The Morgan fingerprint density at radius 2 is 2.00 bits per heavy atom. The minimum atomic E-state index is -0.196. The number of hydrogen-bond donors (Lipinski definition) is 2. The lowest BCUT2D eigenvalue weighted by atomic mass is 10.0. The molecule has 1 aromatic heterocycles. The molecule has 0 saturated heterocycles. The van der Waals surface area contributed by atoms with E-state index in [4.69, 9.17) is 5.73 Å². The average Bonchev–Trinajstić information content (AvgIpc) is 2.16. The Hall–Kier alpha value is -0.840. The molecule has 1 heterocycles. The largest absolute Gasteiger partial charge is 0.327 e. The number of pyridine rings is 1. The molecule has 0 saturated carbocycles. The van der Waals surface area contributed by atoms with Crippen LogP contribution in [0.5, 0.6) is 0 Å². The van der Waals surface area contributed by atoms with Crippen molar-refractivity contribution in [3.05, 3.63) is 24.0 Å². The molecule has 0 bridgehead atoms. The number of nitrogens with zero attached hydrogens (tertiary/aromatic N) is 1. The fourth-order valence-corrected chi connectivity index (χ4v) is 1.12. The van der Waals surface area contributed by atoms with E-state index in [1.54, 1.807) is 12.3 Å². The maximum absolute atomic E-state index is 11.7. The minimum Gasteiger partial charge on any atom is -0.327 e. The van der Waals surface area contributed by atoms with Gasteiger partial charge in [0.05, 0.1) is 5.92 Å². The molecule has 0 radical (unpaired) electrons. The maximum Gasteiger partial charge on any atom is 0.228 e. The fourth-order valence-electron chi connectivity index (χ4n) is 1.12. The summed E-state index contributed by atoms with van der Waals surface area (Å²) in [5, 5.41) is 2.80. The molecule has 17 heavy (non-hydrogen) atoms. The second-order valence-corrected chi connectivity index (χ2v) is 3.82. The van der Waals surface area contributed by atoms with Crippen LogP contribution in [0.3, 0.4) is 0 Å². The molecule has 1 amide bonds. The van der Waals surface area contributed by atoms with Crippen LogP contribution in [0.4, 0.5) is 5.69 Å². The number of anilines is 1. The Balaban J connectivity index is 0. The molecular weight excluding hydrogens is 261 g/mol. The van der Waals surface area contributed by atoms with Crippen LogP contribution in [0.25, 0.3) is 0 Å². The van der Waals surface area contributed by atoms with E-state index in [0.29, 0.717) is 0 Å². The highest BCUT2D eigenvalue weighted by atomic mass is 35.5. The topological polar surface area (TPSA) is 68.0 Å². The molecule has 0 aromatic carbocycles. The van der Waals surface area contributed by atoms with Crippen LogP contribution in [0.2, 0.25) is 0 Å². The van der Waals surface area contributed by atoms with Gasteiger partial charge in [0, 0.05) is 23.6 Å². The van der Waals surface area contributed by atoms with Crippen molar-refractivity contribution < 1.29 is 4.79 Å². The minimum absolute atomic E-state index is 0. The third-order valence-corrected chi connectivity index (χ3v) is 2.37. The number of halogens is 2. The van der Waals surface area contributed by atoms with E-state index in [2.05, 4.69) is 10.3 Å². The van der Waals surface area contributed by atoms with Crippen LogP contribution < -0.4 is 11.1 Å². The van der Waals surface area contributed by atoms with Crippen LogP contribution in [0.15, 0.2) is 18.3 Å². The first kappa shape index (κ1) is 18.5. The molecule has 0 aliphatic heterocycles. The van der Waals surface area contributed by atoms with Crippen LogP contribution in [0, 0.1) is 12.8 Å². The van der Waals surface area contributed by atoms with E-state index in [1.807, 2.05) is 26.8 Å². The summed E-state index contributed by atoms with van der Waals surface area (Å²) in [6, 6.07) is 3.44. The van der Waals surface area contributed by atoms with Crippen molar-refractivity contribution in [1.29, 1.82) is 0 Å². The Morgan fingerprint density at radius 1 is 1.41 bits per heavy atom. The molecule has 0 spiro atoms. The Labute approximate surface area is 114 Å². The van der Waals surface area contributed by atoms with Crippen LogP contribution in [-0.4, -0.2) is 16.9 Å². The second-order valence-electron chi connectivity index (χ2n) is 3.82. The van der Waals surface area contributed by atoms with E-state index < -0.39 is 0 Å². The molecule has 1 aromatic rings. The summed E-state index contributed by atoms with van der Waals surface area (Å²) in [5.41, 5.74) is 7.29. The normalized spacial score (nSPS) is 12.7. The lowest BCUT2D eigenvalue weighted by Gasteiger charge is -2.15. The maximum atomic E-state index is 11.7. The molecule has 98 valence electrons. The first-order valence-electron chi connectivity index (χ1n) is 5.00. The highest BCUT2D eigenvalue weighted by molar-refractivity contribution is 5.92. The van der Waals surface area contributed by atoms with E-state index in [9.17, 15) is 4.79 Å². The molecule has 1 rings (SSSR count). The number of nitrogens with one attached hydrogen (secondary N) is 1. The van der Waals surface area contributed by atoms with Gasteiger partial charge in [-0.25, -0.2) is 0 Å². The molecule has 0 aliphatic rings. The summed E-state index contributed by atoms with van der Waals surface area (Å²) in [7, 11) is 0. The summed E-state index contributed by atoms with van der Waals surface area (Å²) in [4.78, 5) is 15.7. The summed E-state index contributed by atoms with van der Waals surface area (Å²) < 4.78 is 0. The summed E-state index contributed by atoms with van der Waals surface area (Å²) in [5.74, 6) is -0.255. The van der Waals surface area contributed by atoms with Gasteiger partial charge in [-0.1, -0.05) is 6.92 Å². The molecule has 3 N–H and O–H groups in total. The highest BCUT2D eigenvalue weighted by Gasteiger charge is 2.16. The van der Waals surface area contributed by atoms with E-state index in [-0.39, 0.29) is 42.7 Å². The van der Waals surface area contributed by atoms with Crippen molar-refractivity contribution in [2.45, 2.75) is 26.8 Å². The van der Waals surface area contributed by atoms with Crippen LogP contribution >= 0.6 is 24.8 Å². The van der Waals surface area contributed by atoms with Gasteiger partial charge in [0.2, 0.25) is 5.91 Å². The first-order chi connectivity index (χ1) is 7.00. The zero-order valence-corrected chi connectivity index (χ0v) is 11.8. The predicted octanol–water partition coefficient (Wildman–Crippen LogP) is 2.16. The number of carbonyl (C=O) groups is 1. The van der Waals surface area contributed by atoms with E-state index in [1.165, 1.54) is 0 Å². The SMILES string of the molecule is Cc1cc(NC(=O)C(C)C(C)N)ccn1.Cl.Cl. The van der Waals surface area contributed by atoms with E-state index >= 15 is 0 Å². The van der Waals surface area contributed by atoms with E-state index in [0.717, 1.165) is 11.4 Å². The molecule has 6 heteroatoms. The molecular formula is C11H19Cl2N3O. The van der Waals surface area contributed by atoms with Crippen molar-refractivity contribution in [3.63, 3.8) is 0 Å². The van der Waals surface area contributed by atoms with Crippen molar-refractivity contribution in [3.8, 4) is 0 Å². The Morgan fingerprint density at radius 3 is 2.47 bits per heavy atom. The number of aryl methyl sites for hydroxylation is 1. The standard InChI is InChI=1S/C11H17N3O.2ClH/c1-7-6-10(4-5-13-7)14-11(15)8(2)9(3)12;;/h4-6,8-9H,12H2,1-3H3,(H,13,14,15);2*1H. The summed E-state index contributed by atoms with van der Waals surface area (Å²) >= 11 is 0. The van der Waals surface area contributed by atoms with Gasteiger partial charge in [-0.3, -0.25) is 9.78 Å². The molecule has 2 atom stereocenters. The number of hydrogen-bond acceptors (Lipinski definition) is 3. The highest BCUT2D eigenvalue weighted by Crippen LogP contribution is 2.10. The monoisotopic (exact) mass is 279 g/mol. The van der Waals surface area contributed by atoms with Gasteiger partial charge >= 0.3 is 0 Å². The van der Waals surface area contributed by atoms with Gasteiger partial charge in [0.25, 0.3) is 0 Å². The second kappa shape index (κ2) is 8.28. The lowest BCUT2D eigenvalue weighted by Crippen LogP contribution is -2.34. The van der Waals surface area contributed by atoms with Crippen LogP contribution in [-0.2, 0) is 4.79 Å². The van der Waals surface area contributed by atoms with Crippen molar-refractivity contribution in [2.75, 3.05) is 5.32 Å². The van der Waals surface area contributed by atoms with Gasteiger partial charge in [-0.15, -0.1) is 24.8 Å². The number of carbonyl (C=O) groups excluding carboxylic acids is 1. The Kier molecular flexibility index (Phi) is 9.02. The van der Waals surface area contributed by atoms with Gasteiger partial charge < -0.3 is 11.1 Å². The average molecular weight is 280 g/mol. The van der Waals surface area contributed by atoms with Crippen molar-refractivity contribution in [2.24, 2.45) is 11.7 Å². The lowest BCUT2D eigenvalue weighted by molar-refractivity contribution is -0.119. The van der Waals surface area contributed by atoms with Gasteiger partial charge in [-0.2, -0.15) is 0 Å². The zero-order chi connectivity index (χ0) is 11.4.